The van der Waals surface area contributed by atoms with Crippen LogP contribution in [0.1, 0.15) is 16.8 Å². The minimum Gasteiger partial charge on any atom is -0.323 e. The largest absolute Gasteiger partial charge is 0.323 e. The third-order valence-electron chi connectivity index (χ3n) is 4.81. The monoisotopic (exact) mass is 341 g/mol. The van der Waals surface area contributed by atoms with Crippen molar-refractivity contribution in [3.8, 4) is 0 Å². The summed E-state index contributed by atoms with van der Waals surface area (Å²) in [5, 5.41) is 14.0. The lowest BCUT2D eigenvalue weighted by Gasteiger charge is -2.07. The van der Waals surface area contributed by atoms with E-state index in [2.05, 4.69) is 62.8 Å². The SMILES string of the molecule is c1ccc(Cn2nc(Nc3cc4ccccc4cn3)c3c2CNC3)cc1. The number of benzene rings is 2. The van der Waals surface area contributed by atoms with E-state index < -0.39 is 0 Å². The Kier molecular flexibility index (Phi) is 3.65. The topological polar surface area (TPSA) is 54.8 Å². The standard InChI is InChI=1S/C21H19N5/c1-2-6-15(7-3-1)14-26-19-13-22-12-18(19)21(25-26)24-20-10-16-8-4-5-9-17(16)11-23-20/h1-11,22H,12-14H2,(H,23,24,25). The van der Waals surface area contributed by atoms with Gasteiger partial charge in [0.05, 0.1) is 12.2 Å². The first kappa shape index (κ1) is 15.1. The molecular weight excluding hydrogens is 322 g/mol. The lowest BCUT2D eigenvalue weighted by atomic mass is 10.2. The van der Waals surface area contributed by atoms with Crippen LogP contribution >= 0.6 is 0 Å². The molecule has 0 saturated carbocycles. The molecule has 1 aliphatic rings. The summed E-state index contributed by atoms with van der Waals surface area (Å²) in [6.07, 6.45) is 1.90. The second-order valence-corrected chi connectivity index (χ2v) is 6.56. The zero-order valence-electron chi connectivity index (χ0n) is 14.3. The van der Waals surface area contributed by atoms with Gasteiger partial charge in [0, 0.05) is 30.2 Å². The fraction of sp³-hybridized carbons (Fsp3) is 0.143. The van der Waals surface area contributed by atoms with Gasteiger partial charge < -0.3 is 10.6 Å². The third kappa shape index (κ3) is 2.72. The number of fused-ring (bicyclic) bond motifs is 2. The molecule has 1 aliphatic heterocycles. The van der Waals surface area contributed by atoms with Crippen molar-refractivity contribution in [1.29, 1.82) is 0 Å². The molecule has 0 unspecified atom stereocenters. The zero-order valence-corrected chi connectivity index (χ0v) is 14.3. The molecule has 0 bridgehead atoms. The van der Waals surface area contributed by atoms with Crippen molar-refractivity contribution in [3.05, 3.63) is 83.7 Å². The van der Waals surface area contributed by atoms with E-state index in [0.717, 1.165) is 36.7 Å². The predicted octanol–water partition coefficient (Wildman–Crippen LogP) is 3.83. The lowest BCUT2D eigenvalue weighted by Crippen LogP contribution is -2.10. The Morgan fingerprint density at radius 3 is 2.65 bits per heavy atom. The summed E-state index contributed by atoms with van der Waals surface area (Å²) >= 11 is 0. The molecule has 0 radical (unpaired) electrons. The molecule has 2 N–H and O–H groups in total. The fourth-order valence-electron chi connectivity index (χ4n) is 3.48. The summed E-state index contributed by atoms with van der Waals surface area (Å²) in [6.45, 7) is 2.46. The van der Waals surface area contributed by atoms with Crippen molar-refractivity contribution in [3.63, 3.8) is 0 Å². The number of rotatable bonds is 4. The number of hydrogen-bond acceptors (Lipinski definition) is 4. The van der Waals surface area contributed by atoms with E-state index in [-0.39, 0.29) is 0 Å². The molecule has 4 aromatic rings. The number of aromatic nitrogens is 3. The molecule has 26 heavy (non-hydrogen) atoms. The summed E-state index contributed by atoms with van der Waals surface area (Å²) in [6, 6.07) is 20.7. The Morgan fingerprint density at radius 2 is 1.77 bits per heavy atom. The number of nitrogens with zero attached hydrogens (tertiary/aromatic N) is 3. The van der Waals surface area contributed by atoms with Crippen LogP contribution in [-0.2, 0) is 19.6 Å². The molecule has 2 aromatic heterocycles. The third-order valence-corrected chi connectivity index (χ3v) is 4.81. The Hall–Kier alpha value is -3.18. The van der Waals surface area contributed by atoms with E-state index in [1.54, 1.807) is 0 Å². The maximum absolute atomic E-state index is 4.83. The van der Waals surface area contributed by atoms with Crippen molar-refractivity contribution in [2.45, 2.75) is 19.6 Å². The molecular formula is C21H19N5. The molecule has 0 spiro atoms. The zero-order chi connectivity index (χ0) is 17.3. The quantitative estimate of drug-likeness (QED) is 0.592. The molecule has 5 rings (SSSR count). The summed E-state index contributed by atoms with van der Waals surface area (Å²) in [5.74, 6) is 1.71. The van der Waals surface area contributed by atoms with Gasteiger partial charge in [-0.25, -0.2) is 4.98 Å². The van der Waals surface area contributed by atoms with E-state index in [0.29, 0.717) is 0 Å². The lowest BCUT2D eigenvalue weighted by molar-refractivity contribution is 0.627. The molecule has 0 aliphatic carbocycles. The maximum atomic E-state index is 4.83. The Balaban J connectivity index is 1.48. The predicted molar refractivity (Wildman–Crippen MR) is 103 cm³/mol. The van der Waals surface area contributed by atoms with Gasteiger partial charge in [0.1, 0.15) is 5.82 Å². The van der Waals surface area contributed by atoms with Crippen molar-refractivity contribution in [1.82, 2.24) is 20.1 Å². The van der Waals surface area contributed by atoms with Gasteiger partial charge in [-0.15, -0.1) is 0 Å². The average Bonchev–Trinajstić information content (AvgIpc) is 3.28. The van der Waals surface area contributed by atoms with Crippen LogP contribution in [0.2, 0.25) is 0 Å². The average molecular weight is 341 g/mol. The molecule has 128 valence electrons. The van der Waals surface area contributed by atoms with Crippen LogP contribution in [0.5, 0.6) is 0 Å². The molecule has 5 nitrogen and oxygen atoms in total. The minimum atomic E-state index is 0.775. The Morgan fingerprint density at radius 1 is 0.962 bits per heavy atom. The first-order chi connectivity index (χ1) is 12.9. The number of pyridine rings is 1. The van der Waals surface area contributed by atoms with E-state index in [4.69, 9.17) is 5.10 Å². The summed E-state index contributed by atoms with van der Waals surface area (Å²) < 4.78 is 2.09. The van der Waals surface area contributed by atoms with Crippen LogP contribution in [-0.4, -0.2) is 14.8 Å². The highest BCUT2D eigenvalue weighted by Crippen LogP contribution is 2.27. The van der Waals surface area contributed by atoms with Crippen molar-refractivity contribution in [2.24, 2.45) is 0 Å². The van der Waals surface area contributed by atoms with Crippen LogP contribution in [0, 0.1) is 0 Å². The van der Waals surface area contributed by atoms with E-state index in [1.807, 2.05) is 24.4 Å². The first-order valence-electron chi connectivity index (χ1n) is 8.82. The number of nitrogens with one attached hydrogen (secondary N) is 2. The van der Waals surface area contributed by atoms with E-state index in [9.17, 15) is 0 Å². The summed E-state index contributed by atoms with van der Waals surface area (Å²) in [4.78, 5) is 4.54. The Bertz CT molecular complexity index is 1070. The van der Waals surface area contributed by atoms with Crippen molar-refractivity contribution >= 4 is 22.4 Å². The van der Waals surface area contributed by atoms with Gasteiger partial charge in [0.25, 0.3) is 0 Å². The van der Waals surface area contributed by atoms with Gasteiger partial charge >= 0.3 is 0 Å². The number of anilines is 2. The smallest absolute Gasteiger partial charge is 0.158 e. The highest BCUT2D eigenvalue weighted by atomic mass is 15.3. The van der Waals surface area contributed by atoms with Crippen molar-refractivity contribution < 1.29 is 0 Å². The molecule has 0 fully saturated rings. The van der Waals surface area contributed by atoms with E-state index >= 15 is 0 Å². The van der Waals surface area contributed by atoms with Crippen LogP contribution in [0.25, 0.3) is 10.8 Å². The van der Waals surface area contributed by atoms with Crippen molar-refractivity contribution in [2.75, 3.05) is 5.32 Å². The molecule has 0 amide bonds. The second-order valence-electron chi connectivity index (χ2n) is 6.56. The highest BCUT2D eigenvalue weighted by Gasteiger charge is 2.22. The minimum absolute atomic E-state index is 0.775. The van der Waals surface area contributed by atoms with Crippen LogP contribution < -0.4 is 10.6 Å². The highest BCUT2D eigenvalue weighted by molar-refractivity contribution is 5.84. The maximum Gasteiger partial charge on any atom is 0.158 e. The molecule has 0 saturated heterocycles. The van der Waals surface area contributed by atoms with E-state index in [1.165, 1.54) is 22.2 Å². The van der Waals surface area contributed by atoms with Crippen LogP contribution in [0.4, 0.5) is 11.6 Å². The van der Waals surface area contributed by atoms with Gasteiger partial charge in [-0.1, -0.05) is 54.6 Å². The normalized spacial score (nSPS) is 13.1. The van der Waals surface area contributed by atoms with Gasteiger partial charge in [-0.2, -0.15) is 5.10 Å². The summed E-state index contributed by atoms with van der Waals surface area (Å²) in [5.41, 5.74) is 3.73. The molecule has 0 atom stereocenters. The second kappa shape index (κ2) is 6.28. The van der Waals surface area contributed by atoms with Crippen LogP contribution in [0.15, 0.2) is 66.9 Å². The molecule has 2 aromatic carbocycles. The summed E-state index contributed by atoms with van der Waals surface area (Å²) in [7, 11) is 0. The Labute approximate surface area is 151 Å². The molecule has 5 heteroatoms. The first-order valence-corrected chi connectivity index (χ1v) is 8.82. The van der Waals surface area contributed by atoms with Gasteiger partial charge in [0.15, 0.2) is 5.82 Å². The van der Waals surface area contributed by atoms with Gasteiger partial charge in [-0.05, 0) is 17.0 Å². The number of hydrogen-bond donors (Lipinski definition) is 2. The van der Waals surface area contributed by atoms with Crippen LogP contribution in [0.3, 0.4) is 0 Å². The molecule has 3 heterocycles. The van der Waals surface area contributed by atoms with Gasteiger partial charge in [0.2, 0.25) is 0 Å². The van der Waals surface area contributed by atoms with Gasteiger partial charge in [-0.3, -0.25) is 4.68 Å². The fourth-order valence-corrected chi connectivity index (χ4v) is 3.48.